The lowest BCUT2D eigenvalue weighted by atomic mass is 10.0. The average molecular weight is 277 g/mol. The molecule has 0 bridgehead atoms. The van der Waals surface area contributed by atoms with Crippen molar-refractivity contribution in [2.45, 2.75) is 0 Å². The molecule has 0 spiro atoms. The van der Waals surface area contributed by atoms with Gasteiger partial charge in [-0.15, -0.1) is 0 Å². The largest absolute Gasteiger partial charge is 0.497 e. The first-order chi connectivity index (χ1) is 10.2. The summed E-state index contributed by atoms with van der Waals surface area (Å²) in [5.74, 6) is 0.630. The molecule has 1 aromatic heterocycles. The second kappa shape index (κ2) is 5.14. The molecular weight excluding hydrogens is 266 g/mol. The molecule has 4 nitrogen and oxygen atoms in total. The van der Waals surface area contributed by atoms with Crippen molar-refractivity contribution in [2.24, 2.45) is 0 Å². The van der Waals surface area contributed by atoms with Crippen LogP contribution in [0.5, 0.6) is 5.75 Å². The Hall–Kier alpha value is -3.06. The van der Waals surface area contributed by atoms with Crippen LogP contribution in [0.1, 0.15) is 5.56 Å². The fraction of sp³-hybridized carbons (Fsp3) is 0.0588. The number of benzene rings is 2. The number of nitrogens with zero attached hydrogens (tertiary/aromatic N) is 1. The van der Waals surface area contributed by atoms with Crippen molar-refractivity contribution in [3.8, 4) is 22.9 Å². The maximum atomic E-state index is 12.1. The van der Waals surface area contributed by atoms with Gasteiger partial charge in [-0.05, 0) is 35.9 Å². The topological polar surface area (TPSA) is 63.2 Å². The van der Waals surface area contributed by atoms with Crippen LogP contribution in [-0.4, -0.2) is 7.11 Å². The van der Waals surface area contributed by atoms with Gasteiger partial charge < -0.3 is 9.15 Å². The van der Waals surface area contributed by atoms with Crippen molar-refractivity contribution in [3.05, 3.63) is 64.5 Å². The molecule has 0 atom stereocenters. The molecule has 0 radical (unpaired) electrons. The first kappa shape index (κ1) is 12.9. The summed E-state index contributed by atoms with van der Waals surface area (Å²) in [6.07, 6.45) is 0. The van der Waals surface area contributed by atoms with Crippen LogP contribution in [0.25, 0.3) is 22.1 Å². The van der Waals surface area contributed by atoms with Crippen LogP contribution in [0.15, 0.2) is 57.7 Å². The molecule has 0 aliphatic heterocycles. The lowest BCUT2D eigenvalue weighted by Gasteiger charge is -2.04. The Morgan fingerprint density at radius 1 is 1.14 bits per heavy atom. The van der Waals surface area contributed by atoms with E-state index in [2.05, 4.69) is 6.07 Å². The maximum absolute atomic E-state index is 12.1. The molecule has 21 heavy (non-hydrogen) atoms. The predicted molar refractivity (Wildman–Crippen MR) is 79.2 cm³/mol. The quantitative estimate of drug-likeness (QED) is 0.674. The number of hydrogen-bond acceptors (Lipinski definition) is 4. The fourth-order valence-corrected chi connectivity index (χ4v) is 2.18. The van der Waals surface area contributed by atoms with Gasteiger partial charge in [0.1, 0.15) is 11.3 Å². The van der Waals surface area contributed by atoms with Crippen LogP contribution in [-0.2, 0) is 0 Å². The number of nitriles is 1. The number of hydrogen-bond donors (Lipinski definition) is 0. The van der Waals surface area contributed by atoms with Crippen LogP contribution >= 0.6 is 0 Å². The lowest BCUT2D eigenvalue weighted by Crippen LogP contribution is -2.02. The Morgan fingerprint density at radius 2 is 2.00 bits per heavy atom. The van der Waals surface area contributed by atoms with Crippen LogP contribution in [0.2, 0.25) is 0 Å². The molecule has 3 aromatic rings. The second-order valence-corrected chi connectivity index (χ2v) is 4.54. The fourth-order valence-electron chi connectivity index (χ4n) is 2.18. The molecule has 102 valence electrons. The van der Waals surface area contributed by atoms with E-state index in [0.717, 1.165) is 5.39 Å². The summed E-state index contributed by atoms with van der Waals surface area (Å²) in [6.45, 7) is 0. The second-order valence-electron chi connectivity index (χ2n) is 4.54. The van der Waals surface area contributed by atoms with Gasteiger partial charge >= 0.3 is 5.63 Å². The van der Waals surface area contributed by atoms with E-state index in [0.29, 0.717) is 28.0 Å². The zero-order chi connectivity index (χ0) is 14.8. The lowest BCUT2D eigenvalue weighted by molar-refractivity contribution is 0.414. The van der Waals surface area contributed by atoms with Crippen LogP contribution < -0.4 is 10.4 Å². The molecule has 4 heteroatoms. The van der Waals surface area contributed by atoms with Crippen LogP contribution in [0.4, 0.5) is 0 Å². The number of methoxy groups -OCH3 is 1. The molecule has 3 rings (SSSR count). The molecule has 0 fully saturated rings. The number of ether oxygens (including phenoxy) is 1. The molecule has 0 unspecified atom stereocenters. The Morgan fingerprint density at radius 3 is 2.76 bits per heavy atom. The molecule has 0 saturated carbocycles. The van der Waals surface area contributed by atoms with Gasteiger partial charge in [-0.25, -0.2) is 4.79 Å². The van der Waals surface area contributed by atoms with Gasteiger partial charge in [0.15, 0.2) is 0 Å². The zero-order valence-electron chi connectivity index (χ0n) is 11.3. The van der Waals surface area contributed by atoms with Gasteiger partial charge in [-0.1, -0.05) is 12.1 Å². The number of fused-ring (bicyclic) bond motifs is 1. The minimum Gasteiger partial charge on any atom is -0.497 e. The van der Waals surface area contributed by atoms with Gasteiger partial charge in [-0.3, -0.25) is 0 Å². The average Bonchev–Trinajstić information content (AvgIpc) is 2.53. The summed E-state index contributed by atoms with van der Waals surface area (Å²) in [5.41, 5.74) is 1.64. The van der Waals surface area contributed by atoms with E-state index in [1.54, 1.807) is 49.6 Å². The Labute approximate surface area is 120 Å². The normalized spacial score (nSPS) is 10.3. The van der Waals surface area contributed by atoms with Crippen molar-refractivity contribution in [2.75, 3.05) is 7.11 Å². The highest BCUT2D eigenvalue weighted by atomic mass is 16.5. The highest BCUT2D eigenvalue weighted by Crippen LogP contribution is 2.24. The van der Waals surface area contributed by atoms with Crippen LogP contribution in [0.3, 0.4) is 0 Å². The summed E-state index contributed by atoms with van der Waals surface area (Å²) in [6, 6.07) is 16.0. The van der Waals surface area contributed by atoms with Crippen LogP contribution in [0, 0.1) is 11.3 Å². The molecule has 0 aliphatic rings. The number of rotatable bonds is 2. The Balaban J connectivity index is 2.22. The summed E-state index contributed by atoms with van der Waals surface area (Å²) in [7, 11) is 1.56. The molecule has 2 aromatic carbocycles. The van der Waals surface area contributed by atoms with E-state index >= 15 is 0 Å². The minimum absolute atomic E-state index is 0.435. The summed E-state index contributed by atoms with van der Waals surface area (Å²) >= 11 is 0. The van der Waals surface area contributed by atoms with E-state index < -0.39 is 5.63 Å². The molecule has 0 saturated heterocycles. The molecule has 0 aliphatic carbocycles. The third kappa shape index (κ3) is 2.37. The third-order valence-corrected chi connectivity index (χ3v) is 3.25. The van der Waals surface area contributed by atoms with Crippen molar-refractivity contribution in [3.63, 3.8) is 0 Å². The smallest absolute Gasteiger partial charge is 0.344 e. The van der Waals surface area contributed by atoms with Gasteiger partial charge in [0, 0.05) is 11.5 Å². The first-order valence-electron chi connectivity index (χ1n) is 6.34. The molecular formula is C17H11NO3. The van der Waals surface area contributed by atoms with Gasteiger partial charge in [-0.2, -0.15) is 5.26 Å². The monoisotopic (exact) mass is 277 g/mol. The van der Waals surface area contributed by atoms with Gasteiger partial charge in [0.05, 0.1) is 24.3 Å². The van der Waals surface area contributed by atoms with E-state index in [1.165, 1.54) is 0 Å². The highest BCUT2D eigenvalue weighted by molar-refractivity contribution is 5.82. The van der Waals surface area contributed by atoms with E-state index in [1.807, 2.05) is 6.07 Å². The van der Waals surface area contributed by atoms with Crippen molar-refractivity contribution in [1.82, 2.24) is 0 Å². The predicted octanol–water partition coefficient (Wildman–Crippen LogP) is 3.34. The van der Waals surface area contributed by atoms with E-state index in [4.69, 9.17) is 14.4 Å². The third-order valence-electron chi connectivity index (χ3n) is 3.25. The first-order valence-corrected chi connectivity index (χ1v) is 6.34. The SMILES string of the molecule is COc1ccc2cc(-c3cccc(C#N)c3)c(=O)oc2c1. The van der Waals surface area contributed by atoms with Crippen molar-refractivity contribution < 1.29 is 9.15 Å². The summed E-state index contributed by atoms with van der Waals surface area (Å²) in [4.78, 5) is 12.1. The summed E-state index contributed by atoms with van der Waals surface area (Å²) < 4.78 is 10.5. The standard InChI is InChI=1S/C17H11NO3/c1-20-14-6-5-13-8-15(17(19)21-16(13)9-14)12-4-2-3-11(7-12)10-18/h2-9H,1H3. The van der Waals surface area contributed by atoms with Gasteiger partial charge in [0.25, 0.3) is 0 Å². The van der Waals surface area contributed by atoms with Crippen molar-refractivity contribution >= 4 is 11.0 Å². The molecule has 1 heterocycles. The van der Waals surface area contributed by atoms with Crippen molar-refractivity contribution in [1.29, 1.82) is 5.26 Å². The Bertz CT molecular complexity index is 919. The summed E-state index contributed by atoms with van der Waals surface area (Å²) in [5, 5.41) is 9.74. The van der Waals surface area contributed by atoms with E-state index in [-0.39, 0.29) is 0 Å². The maximum Gasteiger partial charge on any atom is 0.344 e. The molecule has 0 amide bonds. The minimum atomic E-state index is -0.439. The van der Waals surface area contributed by atoms with E-state index in [9.17, 15) is 4.79 Å². The Kier molecular flexibility index (Phi) is 3.17. The molecule has 0 N–H and O–H groups in total. The zero-order valence-corrected chi connectivity index (χ0v) is 11.3. The highest BCUT2D eigenvalue weighted by Gasteiger charge is 2.09. The van der Waals surface area contributed by atoms with Gasteiger partial charge in [0.2, 0.25) is 0 Å².